The Labute approximate surface area is 188 Å². The summed E-state index contributed by atoms with van der Waals surface area (Å²) in [4.78, 5) is 40.4. The summed E-state index contributed by atoms with van der Waals surface area (Å²) in [5.41, 5.74) is 0. The highest BCUT2D eigenvalue weighted by atomic mass is 16.5. The molecule has 0 bridgehead atoms. The molecule has 2 fully saturated rings. The molecule has 0 aliphatic heterocycles. The average molecular weight is 445 g/mol. The fourth-order valence-electron chi connectivity index (χ4n) is 4.34. The molecule has 0 unspecified atom stereocenters. The lowest BCUT2D eigenvalue weighted by Crippen LogP contribution is -2.38. The van der Waals surface area contributed by atoms with Gasteiger partial charge in [0.1, 0.15) is 11.5 Å². The quantitative estimate of drug-likeness (QED) is 0.299. The standard InChI is InChI=1S/C24H32N2O6/c1-16(27)26-20-9-5-18(6-10-20)24(29)32-22-13-11-21(12-14-22)31-23(28)17-3-7-19(8-4-17)25-15-30-2/h11-15,17-20H,3-10H2,1-2H3,(H,26,27). The third-order valence-electron chi connectivity index (χ3n) is 6.14. The van der Waals surface area contributed by atoms with Crippen molar-refractivity contribution in [3.63, 3.8) is 0 Å². The van der Waals surface area contributed by atoms with E-state index in [-0.39, 0.29) is 41.8 Å². The molecular formula is C24H32N2O6. The molecule has 0 aromatic heterocycles. The van der Waals surface area contributed by atoms with Gasteiger partial charge in [-0.2, -0.15) is 0 Å². The SMILES string of the molecule is COC=NC1CCC(C(=O)Oc2ccc(OC(=O)C3CCC(NC(C)=O)CC3)cc2)CC1. The molecule has 3 rings (SSSR count). The van der Waals surface area contributed by atoms with Gasteiger partial charge >= 0.3 is 11.9 Å². The van der Waals surface area contributed by atoms with Crippen molar-refractivity contribution in [2.24, 2.45) is 16.8 Å². The minimum Gasteiger partial charge on any atom is -0.487 e. The molecule has 8 heteroatoms. The van der Waals surface area contributed by atoms with Gasteiger partial charge in [-0.15, -0.1) is 0 Å². The number of nitrogens with one attached hydrogen (secondary N) is 1. The van der Waals surface area contributed by atoms with Crippen LogP contribution in [0.3, 0.4) is 0 Å². The fourth-order valence-corrected chi connectivity index (χ4v) is 4.34. The third kappa shape index (κ3) is 7.07. The molecule has 0 atom stereocenters. The molecular weight excluding hydrogens is 412 g/mol. The third-order valence-corrected chi connectivity index (χ3v) is 6.14. The number of methoxy groups -OCH3 is 1. The smallest absolute Gasteiger partial charge is 0.314 e. The number of hydrogen-bond donors (Lipinski definition) is 1. The Morgan fingerprint density at radius 3 is 1.75 bits per heavy atom. The van der Waals surface area contributed by atoms with Crippen molar-refractivity contribution < 1.29 is 28.6 Å². The summed E-state index contributed by atoms with van der Waals surface area (Å²) in [5, 5.41) is 2.90. The van der Waals surface area contributed by atoms with Gasteiger partial charge in [0.25, 0.3) is 0 Å². The fraction of sp³-hybridized carbons (Fsp3) is 0.583. The second kappa shape index (κ2) is 11.6. The molecule has 2 aliphatic rings. The van der Waals surface area contributed by atoms with Gasteiger partial charge in [-0.3, -0.25) is 19.4 Å². The van der Waals surface area contributed by atoms with Gasteiger partial charge in [0, 0.05) is 13.0 Å². The van der Waals surface area contributed by atoms with Gasteiger partial charge in [0.05, 0.1) is 25.0 Å². The summed E-state index contributed by atoms with van der Waals surface area (Å²) in [6.07, 6.45) is 7.53. The van der Waals surface area contributed by atoms with E-state index in [0.29, 0.717) is 24.3 Å². The van der Waals surface area contributed by atoms with Gasteiger partial charge in [-0.05, 0) is 75.6 Å². The Morgan fingerprint density at radius 1 is 0.844 bits per heavy atom. The number of hydrogen-bond acceptors (Lipinski definition) is 7. The highest BCUT2D eigenvalue weighted by molar-refractivity contribution is 5.76. The molecule has 0 radical (unpaired) electrons. The zero-order chi connectivity index (χ0) is 22.9. The van der Waals surface area contributed by atoms with Crippen molar-refractivity contribution in [2.75, 3.05) is 7.11 Å². The van der Waals surface area contributed by atoms with Crippen molar-refractivity contribution in [3.05, 3.63) is 24.3 Å². The first-order chi connectivity index (χ1) is 15.4. The topological polar surface area (TPSA) is 103 Å². The Kier molecular flexibility index (Phi) is 8.64. The monoisotopic (exact) mass is 444 g/mol. The van der Waals surface area contributed by atoms with E-state index < -0.39 is 0 Å². The molecule has 1 aromatic rings. The number of carbonyl (C=O) groups is 3. The average Bonchev–Trinajstić information content (AvgIpc) is 2.79. The van der Waals surface area contributed by atoms with Crippen molar-refractivity contribution >= 4 is 24.2 Å². The van der Waals surface area contributed by atoms with Crippen LogP contribution >= 0.6 is 0 Å². The van der Waals surface area contributed by atoms with Crippen LogP contribution in [0.2, 0.25) is 0 Å². The van der Waals surface area contributed by atoms with Crippen LogP contribution in [-0.4, -0.2) is 43.4 Å². The Bertz CT molecular complexity index is 806. The van der Waals surface area contributed by atoms with Gasteiger partial charge in [-0.1, -0.05) is 0 Å². The number of esters is 2. The van der Waals surface area contributed by atoms with E-state index in [9.17, 15) is 14.4 Å². The van der Waals surface area contributed by atoms with Crippen molar-refractivity contribution in [1.82, 2.24) is 5.32 Å². The van der Waals surface area contributed by atoms with Crippen LogP contribution < -0.4 is 14.8 Å². The lowest BCUT2D eigenvalue weighted by Gasteiger charge is -2.27. The summed E-state index contributed by atoms with van der Waals surface area (Å²) >= 11 is 0. The predicted octanol–water partition coefficient (Wildman–Crippen LogP) is 3.43. The minimum atomic E-state index is -0.260. The van der Waals surface area contributed by atoms with Crippen LogP contribution in [0.1, 0.15) is 58.3 Å². The zero-order valence-corrected chi connectivity index (χ0v) is 18.7. The number of amides is 1. The van der Waals surface area contributed by atoms with E-state index in [1.165, 1.54) is 13.3 Å². The minimum absolute atomic E-state index is 0.0410. The second-order valence-corrected chi connectivity index (χ2v) is 8.56. The Hall–Kier alpha value is -2.90. The molecule has 0 saturated heterocycles. The van der Waals surface area contributed by atoms with E-state index >= 15 is 0 Å². The predicted molar refractivity (Wildman–Crippen MR) is 119 cm³/mol. The summed E-state index contributed by atoms with van der Waals surface area (Å²) in [6.45, 7) is 1.51. The molecule has 1 N–H and O–H groups in total. The highest BCUT2D eigenvalue weighted by Crippen LogP contribution is 2.29. The normalized spacial score (nSPS) is 25.7. The molecule has 2 aliphatic carbocycles. The van der Waals surface area contributed by atoms with Crippen LogP contribution in [-0.2, 0) is 19.1 Å². The molecule has 1 aromatic carbocycles. The first-order valence-electron chi connectivity index (χ1n) is 11.3. The van der Waals surface area contributed by atoms with Crippen LogP contribution in [0.4, 0.5) is 0 Å². The maximum Gasteiger partial charge on any atom is 0.314 e. The first-order valence-corrected chi connectivity index (χ1v) is 11.3. The number of benzene rings is 1. The van der Waals surface area contributed by atoms with Gasteiger partial charge < -0.3 is 19.5 Å². The van der Waals surface area contributed by atoms with Crippen LogP contribution in [0.25, 0.3) is 0 Å². The zero-order valence-electron chi connectivity index (χ0n) is 18.7. The number of ether oxygens (including phenoxy) is 3. The molecule has 2 saturated carbocycles. The maximum atomic E-state index is 12.5. The summed E-state index contributed by atoms with van der Waals surface area (Å²) in [7, 11) is 1.57. The molecule has 0 spiro atoms. The van der Waals surface area contributed by atoms with E-state index in [2.05, 4.69) is 10.3 Å². The highest BCUT2D eigenvalue weighted by Gasteiger charge is 2.29. The van der Waals surface area contributed by atoms with Gasteiger partial charge in [0.15, 0.2) is 6.40 Å². The first kappa shape index (κ1) is 23.8. The summed E-state index contributed by atoms with van der Waals surface area (Å²) in [6, 6.07) is 6.90. The van der Waals surface area contributed by atoms with E-state index in [4.69, 9.17) is 14.2 Å². The maximum absolute atomic E-state index is 12.5. The summed E-state index contributed by atoms with van der Waals surface area (Å²) in [5.74, 6) is 0.0277. The number of nitrogens with zero attached hydrogens (tertiary/aromatic N) is 1. The molecule has 8 nitrogen and oxygen atoms in total. The van der Waals surface area contributed by atoms with E-state index in [1.54, 1.807) is 31.4 Å². The summed E-state index contributed by atoms with van der Waals surface area (Å²) < 4.78 is 15.9. The lowest BCUT2D eigenvalue weighted by molar-refractivity contribution is -0.141. The van der Waals surface area contributed by atoms with Crippen LogP contribution in [0.15, 0.2) is 29.3 Å². The number of carbonyl (C=O) groups excluding carboxylic acids is 3. The van der Waals surface area contributed by atoms with Crippen molar-refractivity contribution in [3.8, 4) is 11.5 Å². The Morgan fingerprint density at radius 2 is 1.31 bits per heavy atom. The molecule has 1 amide bonds. The second-order valence-electron chi connectivity index (χ2n) is 8.56. The molecule has 174 valence electrons. The van der Waals surface area contributed by atoms with Crippen molar-refractivity contribution in [1.29, 1.82) is 0 Å². The van der Waals surface area contributed by atoms with Gasteiger partial charge in [-0.25, -0.2) is 0 Å². The lowest BCUT2D eigenvalue weighted by atomic mass is 9.86. The molecule has 0 heterocycles. The van der Waals surface area contributed by atoms with E-state index in [0.717, 1.165) is 38.5 Å². The largest absolute Gasteiger partial charge is 0.487 e. The van der Waals surface area contributed by atoms with Gasteiger partial charge in [0.2, 0.25) is 5.91 Å². The number of rotatable bonds is 7. The van der Waals surface area contributed by atoms with Crippen molar-refractivity contribution in [2.45, 2.75) is 70.4 Å². The van der Waals surface area contributed by atoms with Crippen LogP contribution in [0.5, 0.6) is 11.5 Å². The van der Waals surface area contributed by atoms with Crippen LogP contribution in [0, 0.1) is 11.8 Å². The molecule has 32 heavy (non-hydrogen) atoms. The Balaban J connectivity index is 1.42. The number of aliphatic imine (C=N–C) groups is 1. The van der Waals surface area contributed by atoms with E-state index in [1.807, 2.05) is 0 Å².